The molecule has 0 aromatic carbocycles. The molecule has 2 atom stereocenters. The molecule has 1 heterocycles. The van der Waals surface area contributed by atoms with Gasteiger partial charge >= 0.3 is 0 Å². The molecule has 0 bridgehead atoms. The fraction of sp³-hybridized carbons (Fsp3) is 1.00. The van der Waals surface area contributed by atoms with Crippen LogP contribution in [0.15, 0.2) is 0 Å². The van der Waals surface area contributed by atoms with Crippen LogP contribution in [0, 0.1) is 5.92 Å². The van der Waals surface area contributed by atoms with Gasteiger partial charge < -0.3 is 14.6 Å². The molecule has 0 radical (unpaired) electrons. The van der Waals surface area contributed by atoms with Crippen molar-refractivity contribution < 1.29 is 14.6 Å². The Morgan fingerprint density at radius 1 is 1.50 bits per heavy atom. The maximum absolute atomic E-state index is 8.49. The molecule has 0 saturated carbocycles. The Morgan fingerprint density at radius 3 is 2.83 bits per heavy atom. The maximum Gasteiger partial charge on any atom is 0.0855 e. The summed E-state index contributed by atoms with van der Waals surface area (Å²) >= 11 is 0. The predicted octanol–water partition coefficient (Wildman–Crippen LogP) is 0.810. The minimum absolute atomic E-state index is 0.264. The highest BCUT2D eigenvalue weighted by Gasteiger charge is 2.27. The second-order valence-corrected chi connectivity index (χ2v) is 3.35. The van der Waals surface area contributed by atoms with Crippen LogP contribution in [0.5, 0.6) is 0 Å². The standard InChI is InChI=1S/C9H18O3/c1-8-6-12-9(8)7-11-5-3-2-4-10/h8-10H,2-7H2,1H3. The van der Waals surface area contributed by atoms with Gasteiger partial charge in [0.15, 0.2) is 0 Å². The SMILES string of the molecule is CC1COC1COCCCCO. The van der Waals surface area contributed by atoms with Gasteiger partial charge in [0.25, 0.3) is 0 Å². The Morgan fingerprint density at radius 2 is 2.33 bits per heavy atom. The van der Waals surface area contributed by atoms with E-state index in [4.69, 9.17) is 14.6 Å². The zero-order chi connectivity index (χ0) is 8.81. The Labute approximate surface area is 73.7 Å². The molecule has 3 nitrogen and oxygen atoms in total. The average Bonchev–Trinajstić information content (AvgIpc) is 2.08. The number of hydrogen-bond acceptors (Lipinski definition) is 3. The third-order valence-corrected chi connectivity index (χ3v) is 2.19. The van der Waals surface area contributed by atoms with Crippen molar-refractivity contribution >= 4 is 0 Å². The van der Waals surface area contributed by atoms with E-state index >= 15 is 0 Å². The van der Waals surface area contributed by atoms with Gasteiger partial charge in [-0.3, -0.25) is 0 Å². The van der Waals surface area contributed by atoms with E-state index in [-0.39, 0.29) is 6.61 Å². The van der Waals surface area contributed by atoms with Crippen LogP contribution in [-0.4, -0.2) is 37.6 Å². The molecule has 3 heteroatoms. The van der Waals surface area contributed by atoms with E-state index in [1.165, 1.54) is 0 Å². The normalized spacial score (nSPS) is 28.5. The average molecular weight is 174 g/mol. The van der Waals surface area contributed by atoms with Gasteiger partial charge in [-0.05, 0) is 12.8 Å². The highest BCUT2D eigenvalue weighted by atomic mass is 16.5. The molecule has 0 spiro atoms. The van der Waals surface area contributed by atoms with Crippen molar-refractivity contribution in [3.63, 3.8) is 0 Å². The van der Waals surface area contributed by atoms with Gasteiger partial charge in [-0.15, -0.1) is 0 Å². The van der Waals surface area contributed by atoms with Crippen LogP contribution < -0.4 is 0 Å². The van der Waals surface area contributed by atoms with Gasteiger partial charge in [0.05, 0.1) is 19.3 Å². The van der Waals surface area contributed by atoms with Gasteiger partial charge in [0.1, 0.15) is 0 Å². The lowest BCUT2D eigenvalue weighted by Gasteiger charge is -2.33. The van der Waals surface area contributed by atoms with Crippen LogP contribution in [-0.2, 0) is 9.47 Å². The van der Waals surface area contributed by atoms with Crippen molar-refractivity contribution in [1.29, 1.82) is 0 Å². The third kappa shape index (κ3) is 3.09. The number of hydrogen-bond donors (Lipinski definition) is 1. The van der Waals surface area contributed by atoms with E-state index in [9.17, 15) is 0 Å². The van der Waals surface area contributed by atoms with E-state index in [2.05, 4.69) is 6.92 Å². The minimum atomic E-state index is 0.264. The summed E-state index contributed by atoms with van der Waals surface area (Å²) in [5.41, 5.74) is 0. The molecular weight excluding hydrogens is 156 g/mol. The number of rotatable bonds is 6. The zero-order valence-corrected chi connectivity index (χ0v) is 7.66. The summed E-state index contributed by atoms with van der Waals surface area (Å²) in [4.78, 5) is 0. The molecule has 1 saturated heterocycles. The number of ether oxygens (including phenoxy) is 2. The van der Waals surface area contributed by atoms with E-state index < -0.39 is 0 Å². The van der Waals surface area contributed by atoms with Gasteiger partial charge in [-0.25, -0.2) is 0 Å². The predicted molar refractivity (Wildman–Crippen MR) is 46.0 cm³/mol. The first-order valence-corrected chi connectivity index (χ1v) is 4.65. The molecule has 1 N–H and O–H groups in total. The van der Waals surface area contributed by atoms with Crippen molar-refractivity contribution in [2.75, 3.05) is 26.4 Å². The number of aliphatic hydroxyl groups excluding tert-OH is 1. The van der Waals surface area contributed by atoms with E-state index in [1.807, 2.05) is 0 Å². The zero-order valence-electron chi connectivity index (χ0n) is 7.66. The molecule has 1 rings (SSSR count). The molecular formula is C9H18O3. The Hall–Kier alpha value is -0.120. The monoisotopic (exact) mass is 174 g/mol. The van der Waals surface area contributed by atoms with E-state index in [1.54, 1.807) is 0 Å². The second-order valence-electron chi connectivity index (χ2n) is 3.35. The topological polar surface area (TPSA) is 38.7 Å². The van der Waals surface area contributed by atoms with Gasteiger partial charge in [-0.2, -0.15) is 0 Å². The third-order valence-electron chi connectivity index (χ3n) is 2.19. The molecule has 1 fully saturated rings. The van der Waals surface area contributed by atoms with Crippen LogP contribution in [0.3, 0.4) is 0 Å². The van der Waals surface area contributed by atoms with Crippen molar-refractivity contribution in [1.82, 2.24) is 0 Å². The largest absolute Gasteiger partial charge is 0.396 e. The smallest absolute Gasteiger partial charge is 0.0855 e. The first-order chi connectivity index (χ1) is 5.84. The lowest BCUT2D eigenvalue weighted by molar-refractivity contribution is -0.139. The first-order valence-electron chi connectivity index (χ1n) is 4.65. The van der Waals surface area contributed by atoms with Gasteiger partial charge in [0, 0.05) is 19.1 Å². The van der Waals surface area contributed by atoms with Crippen LogP contribution in [0.2, 0.25) is 0 Å². The Balaban J connectivity index is 1.82. The summed E-state index contributed by atoms with van der Waals surface area (Å²) in [5, 5.41) is 8.49. The summed E-state index contributed by atoms with van der Waals surface area (Å²) in [6.45, 7) is 4.77. The molecule has 72 valence electrons. The van der Waals surface area contributed by atoms with Gasteiger partial charge in [-0.1, -0.05) is 6.92 Å². The quantitative estimate of drug-likeness (QED) is 0.606. The summed E-state index contributed by atoms with van der Waals surface area (Å²) in [6, 6.07) is 0. The lowest BCUT2D eigenvalue weighted by atomic mass is 10.0. The maximum atomic E-state index is 8.49. The highest BCUT2D eigenvalue weighted by molar-refractivity contribution is 4.73. The molecule has 0 aliphatic carbocycles. The highest BCUT2D eigenvalue weighted by Crippen LogP contribution is 2.19. The summed E-state index contributed by atoms with van der Waals surface area (Å²) < 4.78 is 10.6. The van der Waals surface area contributed by atoms with Crippen LogP contribution in [0.1, 0.15) is 19.8 Å². The summed E-state index contributed by atoms with van der Waals surface area (Å²) in [6.07, 6.45) is 2.10. The summed E-state index contributed by atoms with van der Waals surface area (Å²) in [7, 11) is 0. The lowest BCUT2D eigenvalue weighted by Crippen LogP contribution is -2.41. The van der Waals surface area contributed by atoms with Crippen molar-refractivity contribution in [2.24, 2.45) is 5.92 Å². The van der Waals surface area contributed by atoms with Crippen LogP contribution in [0.4, 0.5) is 0 Å². The molecule has 12 heavy (non-hydrogen) atoms. The fourth-order valence-corrected chi connectivity index (χ4v) is 1.15. The molecule has 0 aromatic rings. The fourth-order valence-electron chi connectivity index (χ4n) is 1.15. The molecule has 1 aliphatic heterocycles. The Bertz CT molecular complexity index is 116. The molecule has 1 aliphatic rings. The first kappa shape index (κ1) is 9.96. The minimum Gasteiger partial charge on any atom is -0.396 e. The van der Waals surface area contributed by atoms with E-state index in [0.717, 1.165) is 26.1 Å². The molecule has 0 amide bonds. The molecule has 2 unspecified atom stereocenters. The van der Waals surface area contributed by atoms with E-state index in [0.29, 0.717) is 18.6 Å². The number of unbranched alkanes of at least 4 members (excludes halogenated alkanes) is 1. The Kier molecular flexibility index (Phi) is 4.58. The van der Waals surface area contributed by atoms with Crippen LogP contribution in [0.25, 0.3) is 0 Å². The van der Waals surface area contributed by atoms with Crippen molar-refractivity contribution in [3.05, 3.63) is 0 Å². The van der Waals surface area contributed by atoms with Crippen molar-refractivity contribution in [2.45, 2.75) is 25.9 Å². The van der Waals surface area contributed by atoms with Gasteiger partial charge in [0.2, 0.25) is 0 Å². The summed E-state index contributed by atoms with van der Waals surface area (Å²) in [5.74, 6) is 0.655. The van der Waals surface area contributed by atoms with Crippen LogP contribution >= 0.6 is 0 Å². The van der Waals surface area contributed by atoms with Crippen molar-refractivity contribution in [3.8, 4) is 0 Å². The second kappa shape index (κ2) is 5.51. The number of aliphatic hydroxyl groups is 1. The molecule has 0 aromatic heterocycles.